The first kappa shape index (κ1) is 23.9. The molecular weight excluding hydrogens is 448 g/mol. The molecule has 1 fully saturated rings. The van der Waals surface area contributed by atoms with Crippen molar-refractivity contribution in [3.8, 4) is 5.75 Å². The van der Waals surface area contributed by atoms with Crippen LogP contribution in [0.1, 0.15) is 60.0 Å². The van der Waals surface area contributed by atoms with E-state index in [1.54, 1.807) is 4.90 Å². The number of pyridine rings is 1. The molecule has 2 aliphatic rings. The van der Waals surface area contributed by atoms with Crippen LogP contribution in [0.3, 0.4) is 0 Å². The van der Waals surface area contributed by atoms with Crippen molar-refractivity contribution in [1.82, 2.24) is 14.8 Å². The average Bonchev–Trinajstić information content (AvgIpc) is 2.75. The minimum Gasteiger partial charge on any atom is -0.503 e. The molecule has 0 atom stereocenters. The van der Waals surface area contributed by atoms with E-state index in [0.29, 0.717) is 32.1 Å². The molecule has 8 nitrogen and oxygen atoms in total. The summed E-state index contributed by atoms with van der Waals surface area (Å²) in [5.74, 6) is -3.71. The molecule has 34 heavy (non-hydrogen) atoms. The Balaban J connectivity index is 1.70. The van der Waals surface area contributed by atoms with E-state index in [0.717, 1.165) is 6.07 Å². The number of hydrogen-bond acceptors (Lipinski definition) is 5. The van der Waals surface area contributed by atoms with Crippen LogP contribution in [0.15, 0.2) is 29.2 Å². The van der Waals surface area contributed by atoms with Crippen molar-refractivity contribution in [2.45, 2.75) is 57.8 Å². The van der Waals surface area contributed by atoms with Gasteiger partial charge in [-0.1, -0.05) is 6.07 Å². The second-order valence-electron chi connectivity index (χ2n) is 9.09. The van der Waals surface area contributed by atoms with Crippen LogP contribution in [-0.2, 0) is 16.8 Å². The molecule has 2 amide bonds. The summed E-state index contributed by atoms with van der Waals surface area (Å²) >= 11 is 0. The summed E-state index contributed by atoms with van der Waals surface area (Å²) < 4.78 is 34.3. The lowest BCUT2D eigenvalue weighted by molar-refractivity contribution is -0.0871. The average molecular weight is 475 g/mol. The van der Waals surface area contributed by atoms with E-state index in [9.17, 15) is 28.3 Å². The number of halogens is 2. The fourth-order valence-corrected chi connectivity index (χ4v) is 4.76. The lowest BCUT2D eigenvalue weighted by atomic mass is 9.71. The maximum absolute atomic E-state index is 13.9. The molecule has 0 bridgehead atoms. The van der Waals surface area contributed by atoms with Gasteiger partial charge in [0.05, 0.1) is 11.6 Å². The van der Waals surface area contributed by atoms with Crippen LogP contribution in [0.2, 0.25) is 0 Å². The molecular formula is C24H27F2N3O5. The van der Waals surface area contributed by atoms with E-state index in [4.69, 9.17) is 4.74 Å². The van der Waals surface area contributed by atoms with E-state index in [1.807, 2.05) is 20.8 Å². The monoisotopic (exact) mass is 475 g/mol. The summed E-state index contributed by atoms with van der Waals surface area (Å²) in [6.07, 6.45) is 2.36. The van der Waals surface area contributed by atoms with Gasteiger partial charge in [-0.2, -0.15) is 0 Å². The van der Waals surface area contributed by atoms with Gasteiger partial charge in [-0.05, 0) is 39.7 Å². The molecule has 4 rings (SSSR count). The fourth-order valence-electron chi connectivity index (χ4n) is 4.76. The van der Waals surface area contributed by atoms with Gasteiger partial charge in [-0.25, -0.2) is 8.78 Å². The fraction of sp³-hybridized carbons (Fsp3) is 0.458. The van der Waals surface area contributed by atoms with Crippen LogP contribution in [-0.4, -0.2) is 51.7 Å². The van der Waals surface area contributed by atoms with E-state index in [-0.39, 0.29) is 35.5 Å². The molecule has 1 aliphatic carbocycles. The standard InChI is InChI=1S/C24H27F2N3O5/c1-4-34-16-8-24(9-16)12-28(13(2)3)23(33)19-21(31)20(30)17(11-29(19)24)22(32)27-10-14-5-6-15(25)7-18(14)26/h5-7,11,13,16,31H,4,8-10,12H2,1-3H3,(H,27,32). The van der Waals surface area contributed by atoms with Gasteiger partial charge in [0.15, 0.2) is 11.4 Å². The smallest absolute Gasteiger partial charge is 0.274 e. The Bertz CT molecular complexity index is 1200. The van der Waals surface area contributed by atoms with Gasteiger partial charge in [0.1, 0.15) is 17.2 Å². The number of aromatic hydroxyl groups is 1. The van der Waals surface area contributed by atoms with Crippen molar-refractivity contribution in [2.24, 2.45) is 0 Å². The van der Waals surface area contributed by atoms with E-state index in [2.05, 4.69) is 5.32 Å². The molecule has 0 radical (unpaired) electrons. The van der Waals surface area contributed by atoms with Crippen molar-refractivity contribution in [2.75, 3.05) is 13.2 Å². The van der Waals surface area contributed by atoms with Gasteiger partial charge in [0, 0.05) is 43.6 Å². The van der Waals surface area contributed by atoms with Gasteiger partial charge in [0.25, 0.3) is 11.8 Å². The molecule has 1 spiro atoms. The van der Waals surface area contributed by atoms with Crippen molar-refractivity contribution in [1.29, 1.82) is 0 Å². The summed E-state index contributed by atoms with van der Waals surface area (Å²) in [6.45, 7) is 6.19. The van der Waals surface area contributed by atoms with Crippen LogP contribution in [0.4, 0.5) is 8.78 Å². The van der Waals surface area contributed by atoms with E-state index >= 15 is 0 Å². The summed E-state index contributed by atoms with van der Waals surface area (Å²) in [5, 5.41) is 13.2. The first-order valence-corrected chi connectivity index (χ1v) is 11.2. The van der Waals surface area contributed by atoms with Gasteiger partial charge < -0.3 is 24.6 Å². The molecule has 2 aromatic rings. The zero-order valence-electron chi connectivity index (χ0n) is 19.2. The predicted molar refractivity (Wildman–Crippen MR) is 119 cm³/mol. The third-order valence-corrected chi connectivity index (χ3v) is 6.56. The van der Waals surface area contributed by atoms with Crippen LogP contribution in [0, 0.1) is 11.6 Å². The van der Waals surface area contributed by atoms with Crippen LogP contribution < -0.4 is 10.7 Å². The minimum absolute atomic E-state index is 0.0369. The molecule has 1 aromatic heterocycles. The Morgan fingerprint density at radius 2 is 2.00 bits per heavy atom. The van der Waals surface area contributed by atoms with E-state index in [1.165, 1.54) is 16.8 Å². The predicted octanol–water partition coefficient (Wildman–Crippen LogP) is 2.52. The van der Waals surface area contributed by atoms with E-state index < -0.39 is 40.2 Å². The molecule has 0 saturated heterocycles. The normalized spacial score (nSPS) is 21.5. The highest BCUT2D eigenvalue weighted by molar-refractivity contribution is 5.99. The molecule has 1 aromatic carbocycles. The first-order valence-electron chi connectivity index (χ1n) is 11.2. The minimum atomic E-state index is -0.988. The first-order chi connectivity index (χ1) is 16.1. The van der Waals surface area contributed by atoms with Crippen molar-refractivity contribution >= 4 is 11.8 Å². The van der Waals surface area contributed by atoms with Gasteiger partial charge in [0.2, 0.25) is 5.43 Å². The van der Waals surface area contributed by atoms with Crippen molar-refractivity contribution in [3.05, 3.63) is 63.1 Å². The largest absolute Gasteiger partial charge is 0.503 e. The molecule has 1 aliphatic heterocycles. The Morgan fingerprint density at radius 1 is 1.29 bits per heavy atom. The highest BCUT2D eigenvalue weighted by Crippen LogP contribution is 2.46. The topological polar surface area (TPSA) is 101 Å². The number of nitrogens with zero attached hydrogens (tertiary/aromatic N) is 2. The Labute approximate surface area is 195 Å². The third kappa shape index (κ3) is 3.96. The maximum atomic E-state index is 13.9. The third-order valence-electron chi connectivity index (χ3n) is 6.56. The number of rotatable bonds is 6. The number of amides is 2. The van der Waals surface area contributed by atoms with Gasteiger partial charge >= 0.3 is 0 Å². The number of carbonyl (C=O) groups excluding carboxylic acids is 2. The maximum Gasteiger partial charge on any atom is 0.274 e. The lowest BCUT2D eigenvalue weighted by Crippen LogP contribution is -2.63. The Hall–Kier alpha value is -3.27. The van der Waals surface area contributed by atoms with Crippen LogP contribution >= 0.6 is 0 Å². The molecule has 1 saturated carbocycles. The number of fused-ring (bicyclic) bond motifs is 2. The molecule has 2 N–H and O–H groups in total. The Kier molecular flexibility index (Phi) is 6.20. The molecule has 0 unspecified atom stereocenters. The van der Waals surface area contributed by atoms with Crippen molar-refractivity contribution in [3.63, 3.8) is 0 Å². The zero-order chi connectivity index (χ0) is 24.8. The quantitative estimate of drug-likeness (QED) is 0.669. The van der Waals surface area contributed by atoms with Gasteiger partial charge in [-0.15, -0.1) is 0 Å². The van der Waals surface area contributed by atoms with Gasteiger partial charge in [-0.3, -0.25) is 14.4 Å². The highest BCUT2D eigenvalue weighted by Gasteiger charge is 2.53. The number of carbonyl (C=O) groups is 2. The molecule has 182 valence electrons. The SMILES string of the molecule is CCOC1CC2(C1)CN(C(C)C)C(=O)c1c(O)c(=O)c(C(=O)NCc3ccc(F)cc3F)cn12. The van der Waals surface area contributed by atoms with Crippen LogP contribution in [0.25, 0.3) is 0 Å². The number of nitrogens with one attached hydrogen (secondary N) is 1. The summed E-state index contributed by atoms with van der Waals surface area (Å²) in [6, 6.07) is 2.79. The number of hydrogen-bond donors (Lipinski definition) is 2. The number of aromatic nitrogens is 1. The van der Waals surface area contributed by atoms with Crippen LogP contribution in [0.5, 0.6) is 5.75 Å². The zero-order valence-corrected chi connectivity index (χ0v) is 19.2. The molecule has 10 heteroatoms. The highest BCUT2D eigenvalue weighted by atomic mass is 19.1. The number of benzene rings is 1. The Morgan fingerprint density at radius 3 is 2.62 bits per heavy atom. The lowest BCUT2D eigenvalue weighted by Gasteiger charge is -2.55. The number of ether oxygens (including phenoxy) is 1. The summed E-state index contributed by atoms with van der Waals surface area (Å²) in [5.41, 5.74) is -2.10. The second-order valence-corrected chi connectivity index (χ2v) is 9.09. The second kappa shape index (κ2) is 8.83. The van der Waals surface area contributed by atoms with Crippen molar-refractivity contribution < 1.29 is 28.2 Å². The summed E-state index contributed by atoms with van der Waals surface area (Å²) in [7, 11) is 0. The molecule has 2 heterocycles. The summed E-state index contributed by atoms with van der Waals surface area (Å²) in [4.78, 5) is 40.4.